The summed E-state index contributed by atoms with van der Waals surface area (Å²) in [5.41, 5.74) is 0.460. The summed E-state index contributed by atoms with van der Waals surface area (Å²) in [4.78, 5) is 12.7. The van der Waals surface area contributed by atoms with E-state index in [1.807, 2.05) is 12.1 Å². The number of benzene rings is 2. The van der Waals surface area contributed by atoms with E-state index in [2.05, 4.69) is 10.6 Å². The lowest BCUT2D eigenvalue weighted by molar-refractivity contribution is -0.159. The van der Waals surface area contributed by atoms with Crippen LogP contribution in [0.2, 0.25) is 10.0 Å². The van der Waals surface area contributed by atoms with E-state index in [0.29, 0.717) is 43.0 Å². The molecule has 2 N–H and O–H groups in total. The maximum Gasteiger partial charge on any atom is 0.261 e. The van der Waals surface area contributed by atoms with Crippen LogP contribution in [0.4, 0.5) is 4.39 Å². The molecule has 0 aromatic heterocycles. The molecule has 2 aromatic rings. The van der Waals surface area contributed by atoms with Crippen LogP contribution in [0.1, 0.15) is 31.2 Å². The predicted molar refractivity (Wildman–Crippen MR) is 127 cm³/mol. The first kappa shape index (κ1) is 23.7. The number of ether oxygens (including phenoxy) is 3. The van der Waals surface area contributed by atoms with Crippen molar-refractivity contribution < 1.29 is 23.4 Å². The number of rotatable bonds is 7. The minimum absolute atomic E-state index is 0.0710. The van der Waals surface area contributed by atoms with Crippen LogP contribution in [0.15, 0.2) is 36.4 Å². The fraction of sp³-hybridized carbons (Fsp3) is 0.480. The summed E-state index contributed by atoms with van der Waals surface area (Å²) in [6.45, 7) is 1.50. The lowest BCUT2D eigenvalue weighted by atomic mass is 9.90. The van der Waals surface area contributed by atoms with Crippen LogP contribution in [0.5, 0.6) is 11.5 Å². The van der Waals surface area contributed by atoms with E-state index in [-0.39, 0.29) is 17.0 Å². The van der Waals surface area contributed by atoms with Gasteiger partial charge in [-0.1, -0.05) is 23.2 Å². The molecule has 0 bridgehead atoms. The van der Waals surface area contributed by atoms with Crippen LogP contribution >= 0.6 is 23.2 Å². The Balaban J connectivity index is 1.06. The predicted octanol–water partition coefficient (Wildman–Crippen LogP) is 4.30. The monoisotopic (exact) mass is 508 g/mol. The van der Waals surface area contributed by atoms with Crippen LogP contribution in [0, 0.1) is 5.82 Å². The molecule has 0 radical (unpaired) electrons. The molecule has 2 fully saturated rings. The van der Waals surface area contributed by atoms with Crippen LogP contribution in [-0.4, -0.2) is 49.5 Å². The third kappa shape index (κ3) is 5.28. The molecule has 9 heteroatoms. The Hall–Kier alpha value is -2.06. The molecule has 1 aliphatic carbocycles. The van der Waals surface area contributed by atoms with E-state index in [4.69, 9.17) is 37.4 Å². The van der Waals surface area contributed by atoms with Crippen molar-refractivity contribution in [1.29, 1.82) is 0 Å². The number of amides is 1. The summed E-state index contributed by atoms with van der Waals surface area (Å²) in [5, 5.41) is 7.45. The average molecular weight is 509 g/mol. The quantitative estimate of drug-likeness (QED) is 0.583. The van der Waals surface area contributed by atoms with Gasteiger partial charge in [-0.25, -0.2) is 4.39 Å². The van der Waals surface area contributed by atoms with Gasteiger partial charge in [0.05, 0.1) is 18.2 Å². The normalized spacial score (nSPS) is 25.1. The summed E-state index contributed by atoms with van der Waals surface area (Å²) in [6, 6.07) is 10.4. The highest BCUT2D eigenvalue weighted by Crippen LogP contribution is 2.32. The van der Waals surface area contributed by atoms with Gasteiger partial charge in [0.25, 0.3) is 5.91 Å². The second-order valence-electron chi connectivity index (χ2n) is 9.35. The van der Waals surface area contributed by atoms with E-state index in [0.717, 1.165) is 37.0 Å². The van der Waals surface area contributed by atoms with E-state index in [9.17, 15) is 9.18 Å². The first-order chi connectivity index (χ1) is 16.4. The smallest absolute Gasteiger partial charge is 0.261 e. The Morgan fingerprint density at radius 2 is 1.85 bits per heavy atom. The highest BCUT2D eigenvalue weighted by Gasteiger charge is 2.42. The van der Waals surface area contributed by atoms with E-state index >= 15 is 0 Å². The molecule has 3 aliphatic rings. The number of hydrogen-bond acceptors (Lipinski definition) is 5. The lowest BCUT2D eigenvalue weighted by Gasteiger charge is -2.43. The van der Waals surface area contributed by atoms with Crippen molar-refractivity contribution in [2.75, 3.05) is 19.8 Å². The molecule has 5 rings (SSSR count). The summed E-state index contributed by atoms with van der Waals surface area (Å²) >= 11 is 11.8. The first-order valence-electron chi connectivity index (χ1n) is 11.6. The number of carbonyl (C=O) groups excluding carboxylic acids is 1. The van der Waals surface area contributed by atoms with Crippen LogP contribution in [0.3, 0.4) is 0 Å². The van der Waals surface area contributed by atoms with E-state index in [1.165, 1.54) is 12.1 Å². The largest absolute Gasteiger partial charge is 0.481 e. The second-order valence-corrected chi connectivity index (χ2v) is 10.2. The molecule has 34 heavy (non-hydrogen) atoms. The summed E-state index contributed by atoms with van der Waals surface area (Å²) < 4.78 is 31.0. The Kier molecular flexibility index (Phi) is 6.89. The lowest BCUT2D eigenvalue weighted by Crippen LogP contribution is -2.61. The van der Waals surface area contributed by atoms with Gasteiger partial charge in [-0.15, -0.1) is 0 Å². The number of hydrogen-bond donors (Lipinski definition) is 2. The molecule has 1 atom stereocenters. The van der Waals surface area contributed by atoms with Gasteiger partial charge in [0.1, 0.15) is 17.3 Å². The van der Waals surface area contributed by atoms with Crippen LogP contribution < -0.4 is 20.1 Å². The molecule has 1 saturated carbocycles. The fourth-order valence-corrected chi connectivity index (χ4v) is 5.06. The standard InChI is InChI=1S/C25H27Cl2FN2O4/c26-16-1-8-22-15(9-16)10-23(33-22)24(31)30-18-4-2-17(3-5-18)29-12-25(13-32-14-25)34-19-6-7-20(27)21(28)11-19/h1,6-9,11,17-18,23,29H,2-5,10,12-14H2,(H,30,31)/t17-,18-,23?. The SMILES string of the molecule is O=C(N[C@H]1CC[C@H](NCC2(Oc3ccc(Cl)c(F)c3)COC2)CC1)C1Cc2cc(Cl)ccc2O1. The molecular weight excluding hydrogens is 482 g/mol. The van der Waals surface area contributed by atoms with Crippen molar-refractivity contribution in [2.45, 2.75) is 55.9 Å². The minimum Gasteiger partial charge on any atom is -0.481 e. The van der Waals surface area contributed by atoms with Crippen molar-refractivity contribution in [2.24, 2.45) is 0 Å². The third-order valence-corrected chi connectivity index (χ3v) is 7.27. The summed E-state index contributed by atoms with van der Waals surface area (Å²) in [7, 11) is 0. The van der Waals surface area contributed by atoms with Crippen molar-refractivity contribution in [1.82, 2.24) is 10.6 Å². The summed E-state index contributed by atoms with van der Waals surface area (Å²) in [6.07, 6.45) is 3.71. The molecular formula is C25H27Cl2FN2O4. The third-order valence-electron chi connectivity index (χ3n) is 6.73. The Morgan fingerprint density at radius 1 is 1.09 bits per heavy atom. The summed E-state index contributed by atoms with van der Waals surface area (Å²) in [5.74, 6) is 0.600. The van der Waals surface area contributed by atoms with Gasteiger partial charge < -0.3 is 24.8 Å². The molecule has 2 heterocycles. The fourth-order valence-electron chi connectivity index (χ4n) is 4.75. The maximum atomic E-state index is 13.8. The highest BCUT2D eigenvalue weighted by atomic mass is 35.5. The van der Waals surface area contributed by atoms with Crippen molar-refractivity contribution in [3.05, 3.63) is 57.8 Å². The molecule has 1 saturated heterocycles. The zero-order valence-electron chi connectivity index (χ0n) is 18.6. The maximum absolute atomic E-state index is 13.8. The molecule has 0 spiro atoms. The first-order valence-corrected chi connectivity index (χ1v) is 12.4. The molecule has 2 aliphatic heterocycles. The number of carbonyl (C=O) groups is 1. The number of nitrogens with one attached hydrogen (secondary N) is 2. The average Bonchev–Trinajstić information content (AvgIpc) is 3.22. The second kappa shape index (κ2) is 9.90. The van der Waals surface area contributed by atoms with Gasteiger partial charge in [0.15, 0.2) is 11.7 Å². The van der Waals surface area contributed by atoms with Crippen LogP contribution in [-0.2, 0) is 16.0 Å². The van der Waals surface area contributed by atoms with Crippen molar-refractivity contribution in [3.63, 3.8) is 0 Å². The zero-order valence-corrected chi connectivity index (χ0v) is 20.1. The van der Waals surface area contributed by atoms with Crippen molar-refractivity contribution in [3.8, 4) is 11.5 Å². The zero-order chi connectivity index (χ0) is 23.7. The Labute approximate surface area is 208 Å². The van der Waals surface area contributed by atoms with E-state index < -0.39 is 17.5 Å². The number of halogens is 3. The van der Waals surface area contributed by atoms with Gasteiger partial charge in [-0.2, -0.15) is 0 Å². The Bertz CT molecular complexity index is 1060. The molecule has 6 nitrogen and oxygen atoms in total. The minimum atomic E-state index is -0.511. The van der Waals surface area contributed by atoms with E-state index in [1.54, 1.807) is 12.1 Å². The highest BCUT2D eigenvalue weighted by molar-refractivity contribution is 6.31. The van der Waals surface area contributed by atoms with Gasteiger partial charge in [0, 0.05) is 36.1 Å². The van der Waals surface area contributed by atoms with Gasteiger partial charge >= 0.3 is 0 Å². The van der Waals surface area contributed by atoms with Crippen LogP contribution in [0.25, 0.3) is 0 Å². The van der Waals surface area contributed by atoms with Gasteiger partial charge in [0.2, 0.25) is 0 Å². The van der Waals surface area contributed by atoms with Gasteiger partial charge in [-0.05, 0) is 61.6 Å². The molecule has 1 unspecified atom stereocenters. The van der Waals surface area contributed by atoms with Crippen molar-refractivity contribution >= 4 is 29.1 Å². The molecule has 2 aromatic carbocycles. The number of fused-ring (bicyclic) bond motifs is 1. The molecule has 182 valence electrons. The molecule has 1 amide bonds. The van der Waals surface area contributed by atoms with Gasteiger partial charge in [-0.3, -0.25) is 4.79 Å². The Morgan fingerprint density at radius 3 is 2.56 bits per heavy atom. The topological polar surface area (TPSA) is 68.8 Å².